The van der Waals surface area contributed by atoms with Crippen LogP contribution in [-0.2, 0) is 0 Å². The molecule has 3 unspecified atom stereocenters. The Bertz CT molecular complexity index is 565. The molecule has 3 saturated carbocycles. The summed E-state index contributed by atoms with van der Waals surface area (Å²) in [6.07, 6.45) is 5.75. The zero-order valence-electron chi connectivity index (χ0n) is 18.6. The second-order valence-corrected chi connectivity index (χ2v) is 11.1. The van der Waals surface area contributed by atoms with E-state index in [1.165, 1.54) is 12.0 Å². The van der Waals surface area contributed by atoms with Gasteiger partial charge in [-0.1, -0.05) is 39.8 Å². The molecule has 0 amide bonds. The number of fused-ring (bicyclic) bond motifs is 1. The van der Waals surface area contributed by atoms with Crippen LogP contribution in [0, 0.1) is 40.4 Å². The molecular formula is C24H44N2O2. The molecule has 0 aromatic heterocycles. The molecule has 28 heavy (non-hydrogen) atoms. The molecule has 4 heteroatoms. The SMILES string of the molecule is C=C1C(N)CC2[C@H](CNCC(C)C)C([C@@]3(C)CC[C@H](O)C[C@@H]3CO)CC[C@]12C. The van der Waals surface area contributed by atoms with Gasteiger partial charge in [-0.2, -0.15) is 0 Å². The maximum absolute atomic E-state index is 10.2. The van der Waals surface area contributed by atoms with E-state index in [9.17, 15) is 10.2 Å². The monoisotopic (exact) mass is 392 g/mol. The predicted octanol–water partition coefficient (Wildman–Crippen LogP) is 3.33. The molecule has 0 spiro atoms. The van der Waals surface area contributed by atoms with Crippen molar-refractivity contribution in [1.82, 2.24) is 5.32 Å². The van der Waals surface area contributed by atoms with Crippen LogP contribution in [0.1, 0.15) is 66.2 Å². The van der Waals surface area contributed by atoms with Gasteiger partial charge in [0.1, 0.15) is 0 Å². The molecule has 3 aliphatic rings. The summed E-state index contributed by atoms with van der Waals surface area (Å²) in [6.45, 7) is 16.0. The first-order chi connectivity index (χ1) is 13.1. The Hall–Kier alpha value is -0.420. The van der Waals surface area contributed by atoms with E-state index < -0.39 is 0 Å². The molecule has 0 aromatic carbocycles. The van der Waals surface area contributed by atoms with Crippen molar-refractivity contribution in [1.29, 1.82) is 0 Å². The van der Waals surface area contributed by atoms with Crippen molar-refractivity contribution in [3.8, 4) is 0 Å². The number of rotatable bonds is 6. The minimum Gasteiger partial charge on any atom is -0.396 e. The third-order valence-electron chi connectivity index (χ3n) is 9.02. The summed E-state index contributed by atoms with van der Waals surface area (Å²) in [7, 11) is 0. The van der Waals surface area contributed by atoms with E-state index in [4.69, 9.17) is 5.73 Å². The summed E-state index contributed by atoms with van der Waals surface area (Å²) in [4.78, 5) is 0. The zero-order valence-corrected chi connectivity index (χ0v) is 18.6. The molecule has 4 nitrogen and oxygen atoms in total. The Balaban J connectivity index is 1.89. The number of hydrogen-bond donors (Lipinski definition) is 4. The number of aliphatic hydroxyl groups excluding tert-OH is 2. The maximum atomic E-state index is 10.2. The van der Waals surface area contributed by atoms with Gasteiger partial charge in [0.15, 0.2) is 0 Å². The van der Waals surface area contributed by atoms with Gasteiger partial charge >= 0.3 is 0 Å². The summed E-state index contributed by atoms with van der Waals surface area (Å²) in [5, 5.41) is 24.1. The van der Waals surface area contributed by atoms with E-state index in [0.717, 1.165) is 45.2 Å². The summed E-state index contributed by atoms with van der Waals surface area (Å²) in [6, 6.07) is 0.121. The minimum absolute atomic E-state index is 0.0908. The second-order valence-electron chi connectivity index (χ2n) is 11.1. The smallest absolute Gasteiger partial charge is 0.0544 e. The van der Waals surface area contributed by atoms with Gasteiger partial charge in [0.2, 0.25) is 0 Å². The average Bonchev–Trinajstić information content (AvgIpc) is 2.87. The Morgan fingerprint density at radius 2 is 1.89 bits per heavy atom. The van der Waals surface area contributed by atoms with Crippen LogP contribution in [0.4, 0.5) is 0 Å². The third-order valence-corrected chi connectivity index (χ3v) is 9.02. The molecule has 3 fully saturated rings. The highest BCUT2D eigenvalue weighted by Gasteiger charge is 2.58. The fourth-order valence-corrected chi connectivity index (χ4v) is 7.09. The van der Waals surface area contributed by atoms with Crippen LogP contribution < -0.4 is 11.1 Å². The Morgan fingerprint density at radius 1 is 1.18 bits per heavy atom. The van der Waals surface area contributed by atoms with Crippen LogP contribution in [-0.4, -0.2) is 42.1 Å². The van der Waals surface area contributed by atoms with Crippen molar-refractivity contribution < 1.29 is 10.2 Å². The van der Waals surface area contributed by atoms with Gasteiger partial charge in [-0.25, -0.2) is 0 Å². The quantitative estimate of drug-likeness (QED) is 0.523. The number of nitrogens with one attached hydrogen (secondary N) is 1. The Morgan fingerprint density at radius 3 is 2.54 bits per heavy atom. The molecular weight excluding hydrogens is 348 g/mol. The Labute approximate surface area is 172 Å². The molecule has 0 bridgehead atoms. The summed E-state index contributed by atoms with van der Waals surface area (Å²) in [5.41, 5.74) is 8.00. The lowest BCUT2D eigenvalue weighted by Gasteiger charge is -2.56. The van der Waals surface area contributed by atoms with Crippen LogP contribution in [0.15, 0.2) is 12.2 Å². The van der Waals surface area contributed by atoms with Crippen molar-refractivity contribution in [2.75, 3.05) is 19.7 Å². The normalized spacial score (nSPS) is 46.8. The first-order valence-corrected chi connectivity index (χ1v) is 11.6. The summed E-state index contributed by atoms with van der Waals surface area (Å²) in [5.74, 6) is 2.51. The van der Waals surface area contributed by atoms with Crippen molar-refractivity contribution >= 4 is 0 Å². The molecule has 0 saturated heterocycles. The van der Waals surface area contributed by atoms with Crippen LogP contribution in [0.2, 0.25) is 0 Å². The van der Waals surface area contributed by atoms with Crippen molar-refractivity contribution in [2.24, 2.45) is 46.2 Å². The highest BCUT2D eigenvalue weighted by molar-refractivity contribution is 5.26. The van der Waals surface area contributed by atoms with Crippen LogP contribution in [0.3, 0.4) is 0 Å². The van der Waals surface area contributed by atoms with Gasteiger partial charge in [0, 0.05) is 12.6 Å². The molecule has 5 N–H and O–H groups in total. The maximum Gasteiger partial charge on any atom is 0.0544 e. The van der Waals surface area contributed by atoms with Gasteiger partial charge in [-0.3, -0.25) is 0 Å². The lowest BCUT2D eigenvalue weighted by atomic mass is 9.49. The number of nitrogens with two attached hydrogens (primary N) is 1. The van der Waals surface area contributed by atoms with E-state index in [1.807, 2.05) is 0 Å². The molecule has 162 valence electrons. The Kier molecular flexibility index (Phi) is 6.66. The predicted molar refractivity (Wildman–Crippen MR) is 116 cm³/mol. The fraction of sp³-hybridized carbons (Fsp3) is 0.917. The molecule has 0 radical (unpaired) electrons. The standard InChI is InChI=1S/C24H44N2O2/c1-15(2)12-26-13-19-20(24(5)8-6-18(28)10-17(24)14-27)7-9-23(4)16(3)22(25)11-21(19)23/h15,17-22,26-28H,3,6-14,25H2,1-2,4-5H3/t17-,18+,19-,20?,21?,22?,23-,24+/m1/s1. The topological polar surface area (TPSA) is 78.5 Å². The van der Waals surface area contributed by atoms with Crippen LogP contribution >= 0.6 is 0 Å². The lowest BCUT2D eigenvalue weighted by molar-refractivity contribution is -0.0934. The second kappa shape index (κ2) is 8.37. The van der Waals surface area contributed by atoms with Crippen molar-refractivity contribution in [3.63, 3.8) is 0 Å². The van der Waals surface area contributed by atoms with Gasteiger partial charge < -0.3 is 21.3 Å². The first-order valence-electron chi connectivity index (χ1n) is 11.6. The summed E-state index contributed by atoms with van der Waals surface area (Å²) >= 11 is 0. The van der Waals surface area contributed by atoms with Crippen molar-refractivity contribution in [3.05, 3.63) is 12.2 Å². The van der Waals surface area contributed by atoms with Gasteiger partial charge in [-0.15, -0.1) is 0 Å². The minimum atomic E-state index is -0.253. The molecule has 0 heterocycles. The number of aliphatic hydroxyl groups is 2. The summed E-state index contributed by atoms with van der Waals surface area (Å²) < 4.78 is 0. The molecule has 8 atom stereocenters. The van der Waals surface area contributed by atoms with E-state index in [1.54, 1.807) is 0 Å². The van der Waals surface area contributed by atoms with Gasteiger partial charge in [0.25, 0.3) is 0 Å². The molecule has 0 aliphatic heterocycles. The van der Waals surface area contributed by atoms with E-state index in [2.05, 4.69) is 39.6 Å². The van der Waals surface area contributed by atoms with Gasteiger partial charge in [-0.05, 0) is 92.0 Å². The van der Waals surface area contributed by atoms with E-state index in [0.29, 0.717) is 23.7 Å². The number of hydrogen-bond acceptors (Lipinski definition) is 4. The first kappa shape index (κ1) is 22.3. The van der Waals surface area contributed by atoms with Crippen LogP contribution in [0.25, 0.3) is 0 Å². The molecule has 3 aliphatic carbocycles. The van der Waals surface area contributed by atoms with E-state index >= 15 is 0 Å². The fourth-order valence-electron chi connectivity index (χ4n) is 7.09. The lowest BCUT2D eigenvalue weighted by Crippen LogP contribution is -2.53. The largest absolute Gasteiger partial charge is 0.396 e. The van der Waals surface area contributed by atoms with Crippen LogP contribution in [0.5, 0.6) is 0 Å². The molecule has 3 rings (SSSR count). The van der Waals surface area contributed by atoms with Gasteiger partial charge in [0.05, 0.1) is 6.10 Å². The van der Waals surface area contributed by atoms with Crippen molar-refractivity contribution in [2.45, 2.75) is 78.4 Å². The highest BCUT2D eigenvalue weighted by atomic mass is 16.3. The average molecular weight is 393 g/mol. The zero-order chi connectivity index (χ0) is 20.7. The third kappa shape index (κ3) is 3.82. The molecule has 0 aromatic rings. The van der Waals surface area contributed by atoms with E-state index in [-0.39, 0.29) is 35.5 Å². The highest BCUT2D eigenvalue weighted by Crippen LogP contribution is 2.63.